The van der Waals surface area contributed by atoms with Crippen LogP contribution >= 0.6 is 23.2 Å². The summed E-state index contributed by atoms with van der Waals surface area (Å²) >= 11 is 12.3. The van der Waals surface area contributed by atoms with Crippen LogP contribution in [-0.4, -0.2) is 50.6 Å². The highest BCUT2D eigenvalue weighted by molar-refractivity contribution is 6.35. The molecule has 1 aromatic carbocycles. The van der Waals surface area contributed by atoms with E-state index in [1.54, 1.807) is 22.7 Å². The molecule has 3 aromatic rings. The van der Waals surface area contributed by atoms with Gasteiger partial charge in [-0.05, 0) is 57.5 Å². The van der Waals surface area contributed by atoms with Crippen LogP contribution in [0.25, 0.3) is 17.0 Å². The maximum absolute atomic E-state index is 12.0. The van der Waals surface area contributed by atoms with Crippen LogP contribution in [0.1, 0.15) is 27.2 Å². The summed E-state index contributed by atoms with van der Waals surface area (Å²) in [5, 5.41) is 17.1. The van der Waals surface area contributed by atoms with E-state index in [0.717, 1.165) is 24.3 Å². The Morgan fingerprint density at radius 1 is 1.17 bits per heavy atom. The molecule has 0 saturated carbocycles. The van der Waals surface area contributed by atoms with Crippen LogP contribution < -0.4 is 10.2 Å². The van der Waals surface area contributed by atoms with Gasteiger partial charge in [0.2, 0.25) is 0 Å². The molecule has 1 saturated heterocycles. The standard InChI is InChI=1S/C20H22Cl2N6O2/c1-20(2,3)30-19(29)23-15-6-7-27(11-15)17-5-4-16-24-25-18(28(16)26-17)12-8-13(21)10-14(22)9-12/h4-5,8-10,15H,6-7,11H2,1-3H3,(H,23,29). The predicted octanol–water partition coefficient (Wildman–Crippen LogP) is 4.20. The third-order valence-electron chi connectivity index (χ3n) is 4.60. The van der Waals surface area contributed by atoms with Crippen LogP contribution in [0.4, 0.5) is 10.6 Å². The quantitative estimate of drug-likeness (QED) is 0.645. The van der Waals surface area contributed by atoms with Gasteiger partial charge in [-0.3, -0.25) is 0 Å². The maximum atomic E-state index is 12.0. The molecule has 10 heteroatoms. The number of halogens is 2. The van der Waals surface area contributed by atoms with E-state index >= 15 is 0 Å². The number of nitrogens with zero attached hydrogens (tertiary/aromatic N) is 5. The van der Waals surface area contributed by atoms with E-state index in [1.807, 2.05) is 32.9 Å². The molecule has 1 aliphatic rings. The number of nitrogens with one attached hydrogen (secondary N) is 1. The first kappa shape index (κ1) is 20.7. The molecule has 0 bridgehead atoms. The Morgan fingerprint density at radius 3 is 2.60 bits per heavy atom. The highest BCUT2D eigenvalue weighted by Gasteiger charge is 2.27. The van der Waals surface area contributed by atoms with E-state index in [1.165, 1.54) is 0 Å². The number of alkyl carbamates (subject to hydrolysis) is 1. The van der Waals surface area contributed by atoms with E-state index in [4.69, 9.17) is 33.0 Å². The molecule has 1 aliphatic heterocycles. The average Bonchev–Trinajstić information content (AvgIpc) is 3.25. The SMILES string of the molecule is CC(C)(C)OC(=O)NC1CCN(c2ccc3nnc(-c4cc(Cl)cc(Cl)c4)n3n2)C1. The van der Waals surface area contributed by atoms with Crippen molar-refractivity contribution in [3.05, 3.63) is 40.4 Å². The zero-order valence-electron chi connectivity index (χ0n) is 16.9. The Labute approximate surface area is 184 Å². The third-order valence-corrected chi connectivity index (χ3v) is 5.04. The van der Waals surface area contributed by atoms with Gasteiger partial charge in [0.1, 0.15) is 11.4 Å². The van der Waals surface area contributed by atoms with E-state index in [2.05, 4.69) is 20.4 Å². The molecule has 1 atom stereocenters. The average molecular weight is 449 g/mol. The van der Waals surface area contributed by atoms with Gasteiger partial charge >= 0.3 is 6.09 Å². The molecule has 1 N–H and O–H groups in total. The van der Waals surface area contributed by atoms with Gasteiger partial charge in [0, 0.05) is 28.7 Å². The van der Waals surface area contributed by atoms with Crippen LogP contribution in [0.3, 0.4) is 0 Å². The van der Waals surface area contributed by atoms with Gasteiger partial charge in [0.25, 0.3) is 0 Å². The smallest absolute Gasteiger partial charge is 0.407 e. The summed E-state index contributed by atoms with van der Waals surface area (Å²) in [5.74, 6) is 1.32. The number of anilines is 1. The van der Waals surface area contributed by atoms with E-state index < -0.39 is 11.7 Å². The molecule has 158 valence electrons. The van der Waals surface area contributed by atoms with Gasteiger partial charge in [-0.1, -0.05) is 23.2 Å². The first-order chi connectivity index (χ1) is 14.2. The Morgan fingerprint density at radius 2 is 1.90 bits per heavy atom. The molecule has 0 aliphatic carbocycles. The lowest BCUT2D eigenvalue weighted by atomic mass is 10.2. The number of amides is 1. The second-order valence-electron chi connectivity index (χ2n) is 8.22. The summed E-state index contributed by atoms with van der Waals surface area (Å²) in [4.78, 5) is 14.2. The van der Waals surface area contributed by atoms with Gasteiger partial charge in [0.05, 0.1) is 6.04 Å². The summed E-state index contributed by atoms with van der Waals surface area (Å²) in [7, 11) is 0. The van der Waals surface area contributed by atoms with Crippen molar-refractivity contribution in [3.63, 3.8) is 0 Å². The molecule has 1 unspecified atom stereocenters. The molecule has 2 aromatic heterocycles. The molecular weight excluding hydrogens is 427 g/mol. The van der Waals surface area contributed by atoms with E-state index in [-0.39, 0.29) is 6.04 Å². The second-order valence-corrected chi connectivity index (χ2v) is 9.09. The summed E-state index contributed by atoms with van der Waals surface area (Å²) in [6, 6.07) is 8.96. The fourth-order valence-corrected chi connectivity index (χ4v) is 3.90. The minimum Gasteiger partial charge on any atom is -0.444 e. The maximum Gasteiger partial charge on any atom is 0.407 e. The van der Waals surface area contributed by atoms with Crippen LogP contribution in [0, 0.1) is 0 Å². The lowest BCUT2D eigenvalue weighted by Gasteiger charge is -2.22. The second kappa shape index (κ2) is 7.92. The number of benzene rings is 1. The number of rotatable bonds is 3. The van der Waals surface area contributed by atoms with Gasteiger partial charge < -0.3 is 15.0 Å². The first-order valence-corrected chi connectivity index (χ1v) is 10.4. The number of ether oxygens (including phenoxy) is 1. The van der Waals surface area contributed by atoms with Crippen molar-refractivity contribution >= 4 is 40.8 Å². The fourth-order valence-electron chi connectivity index (χ4n) is 3.37. The summed E-state index contributed by atoms with van der Waals surface area (Å²) in [5.41, 5.74) is 0.825. The molecule has 0 spiro atoms. The number of aromatic nitrogens is 4. The Bertz CT molecular complexity index is 1070. The number of carbonyl (C=O) groups is 1. The Balaban J connectivity index is 1.54. The number of hydrogen-bond donors (Lipinski definition) is 1. The molecule has 3 heterocycles. The molecule has 1 amide bonds. The zero-order valence-corrected chi connectivity index (χ0v) is 18.4. The van der Waals surface area contributed by atoms with Crippen molar-refractivity contribution < 1.29 is 9.53 Å². The van der Waals surface area contributed by atoms with E-state index in [9.17, 15) is 4.79 Å². The van der Waals surface area contributed by atoms with Crippen molar-refractivity contribution in [2.75, 3.05) is 18.0 Å². The highest BCUT2D eigenvalue weighted by Crippen LogP contribution is 2.27. The highest BCUT2D eigenvalue weighted by atomic mass is 35.5. The lowest BCUT2D eigenvalue weighted by Crippen LogP contribution is -2.40. The number of hydrogen-bond acceptors (Lipinski definition) is 6. The van der Waals surface area contributed by atoms with Crippen LogP contribution in [0.15, 0.2) is 30.3 Å². The summed E-state index contributed by atoms with van der Waals surface area (Å²) < 4.78 is 7.02. The monoisotopic (exact) mass is 448 g/mol. The van der Waals surface area contributed by atoms with Crippen molar-refractivity contribution in [3.8, 4) is 11.4 Å². The van der Waals surface area contributed by atoms with Crippen LogP contribution in [0.5, 0.6) is 0 Å². The van der Waals surface area contributed by atoms with E-state index in [0.29, 0.717) is 28.1 Å². The van der Waals surface area contributed by atoms with Gasteiger partial charge in [0.15, 0.2) is 11.5 Å². The van der Waals surface area contributed by atoms with Gasteiger partial charge in [-0.2, -0.15) is 4.52 Å². The zero-order chi connectivity index (χ0) is 21.5. The predicted molar refractivity (Wildman–Crippen MR) is 116 cm³/mol. The first-order valence-electron chi connectivity index (χ1n) is 9.61. The molecule has 0 radical (unpaired) electrons. The lowest BCUT2D eigenvalue weighted by molar-refractivity contribution is 0.0509. The van der Waals surface area contributed by atoms with Crippen molar-refractivity contribution in [1.82, 2.24) is 25.1 Å². The van der Waals surface area contributed by atoms with Crippen molar-refractivity contribution in [2.24, 2.45) is 0 Å². The largest absolute Gasteiger partial charge is 0.444 e. The molecule has 4 rings (SSSR count). The van der Waals surface area contributed by atoms with Crippen LogP contribution in [0.2, 0.25) is 10.0 Å². The van der Waals surface area contributed by atoms with Crippen LogP contribution in [-0.2, 0) is 4.74 Å². The van der Waals surface area contributed by atoms with Crippen molar-refractivity contribution in [2.45, 2.75) is 38.8 Å². The molecule has 1 fully saturated rings. The number of carbonyl (C=O) groups excluding carboxylic acids is 1. The van der Waals surface area contributed by atoms with Gasteiger partial charge in [-0.15, -0.1) is 15.3 Å². The normalized spacial score (nSPS) is 16.8. The fraction of sp³-hybridized carbons (Fsp3) is 0.400. The van der Waals surface area contributed by atoms with Crippen molar-refractivity contribution in [1.29, 1.82) is 0 Å². The Kier molecular flexibility index (Phi) is 5.46. The minimum atomic E-state index is -0.525. The number of fused-ring (bicyclic) bond motifs is 1. The topological polar surface area (TPSA) is 84.6 Å². The molecular formula is C20H22Cl2N6O2. The molecule has 8 nitrogen and oxygen atoms in total. The summed E-state index contributed by atoms with van der Waals surface area (Å²) in [6.45, 7) is 6.93. The van der Waals surface area contributed by atoms with Gasteiger partial charge in [-0.25, -0.2) is 4.79 Å². The third kappa shape index (κ3) is 4.60. The minimum absolute atomic E-state index is 0.00975. The Hall–Kier alpha value is -2.58. The molecule has 30 heavy (non-hydrogen) atoms. The summed E-state index contributed by atoms with van der Waals surface area (Å²) in [6.07, 6.45) is 0.398.